The number of methoxy groups -OCH3 is 1. The van der Waals surface area contributed by atoms with Gasteiger partial charge in [-0.3, -0.25) is 4.79 Å². The molecule has 1 aliphatic carbocycles. The molecule has 3 rings (SSSR count). The second kappa shape index (κ2) is 8.43. The third-order valence-electron chi connectivity index (χ3n) is 5.36. The molecule has 6 nitrogen and oxygen atoms in total. The summed E-state index contributed by atoms with van der Waals surface area (Å²) in [5.41, 5.74) is 1.69. The van der Waals surface area contributed by atoms with E-state index >= 15 is 0 Å². The summed E-state index contributed by atoms with van der Waals surface area (Å²) in [6.07, 6.45) is 7.20. The van der Waals surface area contributed by atoms with Crippen LogP contribution in [0.25, 0.3) is 0 Å². The van der Waals surface area contributed by atoms with Gasteiger partial charge in [0.2, 0.25) is 5.91 Å². The van der Waals surface area contributed by atoms with Crippen molar-refractivity contribution in [2.45, 2.75) is 64.0 Å². The fraction of sp³-hybridized carbons (Fsp3) is 0.600. The molecule has 1 heterocycles. The van der Waals surface area contributed by atoms with Crippen LogP contribution in [-0.4, -0.2) is 42.6 Å². The first-order chi connectivity index (χ1) is 12.6. The Bertz CT molecular complexity index is 656. The van der Waals surface area contributed by atoms with Crippen LogP contribution in [0.2, 0.25) is 0 Å². The topological polar surface area (TPSA) is 70.7 Å². The Balaban J connectivity index is 1.64. The van der Waals surface area contributed by atoms with Gasteiger partial charge < -0.3 is 20.3 Å². The molecule has 2 aliphatic rings. The van der Waals surface area contributed by atoms with Crippen LogP contribution in [-0.2, 0) is 4.79 Å². The van der Waals surface area contributed by atoms with E-state index in [1.165, 1.54) is 19.3 Å². The highest BCUT2D eigenvalue weighted by molar-refractivity contribution is 5.98. The van der Waals surface area contributed by atoms with Crippen molar-refractivity contribution in [2.24, 2.45) is 0 Å². The molecule has 0 radical (unpaired) electrons. The van der Waals surface area contributed by atoms with E-state index < -0.39 is 6.04 Å². The maximum absolute atomic E-state index is 12.8. The van der Waals surface area contributed by atoms with E-state index in [0.29, 0.717) is 24.4 Å². The average Bonchev–Trinajstić information content (AvgIpc) is 3.13. The zero-order valence-electron chi connectivity index (χ0n) is 15.7. The van der Waals surface area contributed by atoms with Gasteiger partial charge in [0.25, 0.3) is 0 Å². The van der Waals surface area contributed by atoms with Gasteiger partial charge in [0.1, 0.15) is 11.8 Å². The fourth-order valence-corrected chi connectivity index (χ4v) is 3.92. The third kappa shape index (κ3) is 4.29. The first-order valence-corrected chi connectivity index (χ1v) is 9.61. The quantitative estimate of drug-likeness (QED) is 0.865. The van der Waals surface area contributed by atoms with Gasteiger partial charge >= 0.3 is 6.03 Å². The highest BCUT2D eigenvalue weighted by Crippen LogP contribution is 2.27. The van der Waals surface area contributed by atoms with Gasteiger partial charge in [0, 0.05) is 12.6 Å². The number of carbonyl (C=O) groups excluding carboxylic acids is 2. The summed E-state index contributed by atoms with van der Waals surface area (Å²) in [4.78, 5) is 27.2. The van der Waals surface area contributed by atoms with Crippen molar-refractivity contribution in [3.63, 3.8) is 0 Å². The molecule has 2 N–H and O–H groups in total. The fourth-order valence-electron chi connectivity index (χ4n) is 3.92. The van der Waals surface area contributed by atoms with Crippen molar-refractivity contribution < 1.29 is 14.3 Å². The normalized spacial score (nSPS) is 20.7. The molecule has 1 aromatic carbocycles. The summed E-state index contributed by atoms with van der Waals surface area (Å²) in [5, 5.41) is 6.07. The molecule has 1 aromatic rings. The van der Waals surface area contributed by atoms with Crippen molar-refractivity contribution in [1.29, 1.82) is 0 Å². The zero-order valence-corrected chi connectivity index (χ0v) is 15.7. The number of urea groups is 1. The minimum absolute atomic E-state index is 0.106. The smallest absolute Gasteiger partial charge is 0.318 e. The van der Waals surface area contributed by atoms with E-state index in [4.69, 9.17) is 4.74 Å². The number of nitrogens with one attached hydrogen (secondary N) is 2. The second-order valence-corrected chi connectivity index (χ2v) is 7.33. The van der Waals surface area contributed by atoms with Gasteiger partial charge in [-0.2, -0.15) is 0 Å². The van der Waals surface area contributed by atoms with Crippen molar-refractivity contribution in [2.75, 3.05) is 19.0 Å². The average molecular weight is 359 g/mol. The highest BCUT2D eigenvalue weighted by atomic mass is 16.5. The number of hydrogen-bond acceptors (Lipinski definition) is 3. The van der Waals surface area contributed by atoms with Crippen LogP contribution >= 0.6 is 0 Å². The predicted molar refractivity (Wildman–Crippen MR) is 101 cm³/mol. The number of aryl methyl sites for hydroxylation is 1. The second-order valence-electron chi connectivity index (χ2n) is 7.33. The van der Waals surface area contributed by atoms with E-state index in [2.05, 4.69) is 10.6 Å². The van der Waals surface area contributed by atoms with Gasteiger partial charge in [-0.15, -0.1) is 0 Å². The number of carbonyl (C=O) groups is 2. The summed E-state index contributed by atoms with van der Waals surface area (Å²) < 4.78 is 5.33. The lowest BCUT2D eigenvalue weighted by Gasteiger charge is -2.29. The van der Waals surface area contributed by atoms with Crippen LogP contribution in [0.4, 0.5) is 10.5 Å². The number of rotatable bonds is 4. The van der Waals surface area contributed by atoms with E-state index in [1.807, 2.05) is 25.1 Å². The lowest BCUT2D eigenvalue weighted by molar-refractivity contribution is -0.119. The molecule has 1 saturated carbocycles. The summed E-state index contributed by atoms with van der Waals surface area (Å²) in [5.74, 6) is 0.477. The molecule has 26 heavy (non-hydrogen) atoms. The first kappa shape index (κ1) is 18.5. The Labute approximate surface area is 155 Å². The van der Waals surface area contributed by atoms with Gasteiger partial charge in [-0.25, -0.2) is 4.79 Å². The van der Waals surface area contributed by atoms with Crippen molar-refractivity contribution >= 4 is 17.6 Å². The Morgan fingerprint density at radius 1 is 1.12 bits per heavy atom. The summed E-state index contributed by atoms with van der Waals surface area (Å²) >= 11 is 0. The Morgan fingerprint density at radius 2 is 1.88 bits per heavy atom. The number of likely N-dealkylation sites (tertiary alicyclic amines) is 1. The molecule has 1 saturated heterocycles. The standard InChI is InChI=1S/C20H29N3O3/c1-14-10-11-18(26-2)16(13-14)22-19(24)17-9-6-12-23(17)20(25)21-15-7-4-3-5-8-15/h10-11,13,15,17H,3-9,12H2,1-2H3,(H,21,25)(H,22,24)/t17-/m1/s1. The summed E-state index contributed by atoms with van der Waals surface area (Å²) in [6.45, 7) is 2.59. The van der Waals surface area contributed by atoms with Crippen LogP contribution in [0.15, 0.2) is 18.2 Å². The molecule has 6 heteroatoms. The zero-order chi connectivity index (χ0) is 18.5. The Kier molecular flexibility index (Phi) is 6.01. The van der Waals surface area contributed by atoms with Gasteiger partial charge in [0.15, 0.2) is 0 Å². The third-order valence-corrected chi connectivity index (χ3v) is 5.36. The lowest BCUT2D eigenvalue weighted by Crippen LogP contribution is -2.50. The molecule has 142 valence electrons. The molecule has 2 fully saturated rings. The number of anilines is 1. The Hall–Kier alpha value is -2.24. The monoisotopic (exact) mass is 359 g/mol. The molecule has 3 amide bonds. The molecule has 0 spiro atoms. The number of amides is 3. The Morgan fingerprint density at radius 3 is 2.62 bits per heavy atom. The molecular formula is C20H29N3O3. The van der Waals surface area contributed by atoms with Crippen molar-refractivity contribution in [3.05, 3.63) is 23.8 Å². The van der Waals surface area contributed by atoms with Gasteiger partial charge in [0.05, 0.1) is 12.8 Å². The lowest BCUT2D eigenvalue weighted by atomic mass is 9.96. The minimum Gasteiger partial charge on any atom is -0.495 e. The largest absolute Gasteiger partial charge is 0.495 e. The van der Waals surface area contributed by atoms with Crippen molar-refractivity contribution in [3.8, 4) is 5.75 Å². The van der Waals surface area contributed by atoms with Crippen LogP contribution in [0.5, 0.6) is 5.75 Å². The SMILES string of the molecule is COc1ccc(C)cc1NC(=O)[C@H]1CCCN1C(=O)NC1CCCCC1. The molecule has 0 bridgehead atoms. The molecule has 0 unspecified atom stereocenters. The summed E-state index contributed by atoms with van der Waals surface area (Å²) in [7, 11) is 1.58. The van der Waals surface area contributed by atoms with Crippen LogP contribution in [0, 0.1) is 6.92 Å². The number of ether oxygens (including phenoxy) is 1. The minimum atomic E-state index is -0.427. The summed E-state index contributed by atoms with van der Waals surface area (Å²) in [6, 6.07) is 5.38. The molecule has 1 aliphatic heterocycles. The maximum atomic E-state index is 12.8. The highest BCUT2D eigenvalue weighted by Gasteiger charge is 2.35. The van der Waals surface area contributed by atoms with E-state index in [-0.39, 0.29) is 18.0 Å². The van der Waals surface area contributed by atoms with Crippen LogP contribution in [0.3, 0.4) is 0 Å². The molecule has 1 atom stereocenters. The van der Waals surface area contributed by atoms with Crippen LogP contribution < -0.4 is 15.4 Å². The maximum Gasteiger partial charge on any atom is 0.318 e. The molecular weight excluding hydrogens is 330 g/mol. The van der Waals surface area contributed by atoms with E-state index in [0.717, 1.165) is 24.8 Å². The predicted octanol–water partition coefficient (Wildman–Crippen LogP) is 3.45. The number of hydrogen-bond donors (Lipinski definition) is 2. The van der Waals surface area contributed by atoms with E-state index in [1.54, 1.807) is 12.0 Å². The van der Waals surface area contributed by atoms with Crippen LogP contribution in [0.1, 0.15) is 50.5 Å². The molecule has 0 aromatic heterocycles. The number of benzene rings is 1. The number of nitrogens with zero attached hydrogens (tertiary/aromatic N) is 1. The van der Waals surface area contributed by atoms with Gasteiger partial charge in [-0.05, 0) is 50.3 Å². The first-order valence-electron chi connectivity index (χ1n) is 9.61. The van der Waals surface area contributed by atoms with E-state index in [9.17, 15) is 9.59 Å². The van der Waals surface area contributed by atoms with Gasteiger partial charge in [-0.1, -0.05) is 25.3 Å². The van der Waals surface area contributed by atoms with Crippen molar-refractivity contribution in [1.82, 2.24) is 10.2 Å².